The number of hydrogen-bond acceptors (Lipinski definition) is 6. The predicted octanol–water partition coefficient (Wildman–Crippen LogP) is 1.51. The number of hydrogen-bond donors (Lipinski definition) is 3. The normalized spacial score (nSPS) is 12.1. The Kier molecular flexibility index (Phi) is 8.64. The summed E-state index contributed by atoms with van der Waals surface area (Å²) in [6.07, 6.45) is 2.14. The maximum atomic E-state index is 12.9. The van der Waals surface area contributed by atoms with Crippen LogP contribution in [0.2, 0.25) is 0 Å². The Morgan fingerprint density at radius 2 is 1.82 bits per heavy atom. The molecule has 2 heterocycles. The van der Waals surface area contributed by atoms with E-state index in [2.05, 4.69) is 15.3 Å². The first-order valence-corrected chi connectivity index (χ1v) is 11.8. The maximum absolute atomic E-state index is 12.9. The average molecular weight is 471 g/mol. The molecule has 0 spiro atoms. The van der Waals surface area contributed by atoms with Crippen LogP contribution in [0.5, 0.6) is 5.75 Å². The van der Waals surface area contributed by atoms with Crippen LogP contribution in [0, 0.1) is 0 Å². The van der Waals surface area contributed by atoms with Crippen LogP contribution in [0.3, 0.4) is 0 Å². The molecule has 10 nitrogen and oxygen atoms in total. The first-order chi connectivity index (χ1) is 16.4. The number of benzene rings is 1. The van der Waals surface area contributed by atoms with Gasteiger partial charge in [-0.3, -0.25) is 18.7 Å². The molecule has 4 N–H and O–H groups in total. The first-order valence-electron chi connectivity index (χ1n) is 11.8. The summed E-state index contributed by atoms with van der Waals surface area (Å²) in [6.45, 7) is 7.58. The number of fused-ring (bicyclic) bond motifs is 1. The number of nitrogens with zero attached hydrogens (tertiary/aromatic N) is 3. The molecular weight excluding hydrogens is 436 g/mol. The quantitative estimate of drug-likeness (QED) is 0.367. The van der Waals surface area contributed by atoms with Crippen molar-refractivity contribution in [3.8, 4) is 5.75 Å². The topological polar surface area (TPSA) is 137 Å². The summed E-state index contributed by atoms with van der Waals surface area (Å²) < 4.78 is 8.40. The van der Waals surface area contributed by atoms with Gasteiger partial charge in [-0.15, -0.1) is 0 Å². The molecule has 1 unspecified atom stereocenters. The number of carbonyl (C=O) groups is 1. The number of amides is 1. The highest BCUT2D eigenvalue weighted by Gasteiger charge is 2.19. The van der Waals surface area contributed by atoms with Crippen LogP contribution in [-0.4, -0.2) is 44.7 Å². The van der Waals surface area contributed by atoms with Crippen LogP contribution in [0.4, 0.5) is 0 Å². The molecule has 1 aromatic carbocycles. The van der Waals surface area contributed by atoms with Crippen LogP contribution in [0.1, 0.15) is 50.9 Å². The summed E-state index contributed by atoms with van der Waals surface area (Å²) in [4.78, 5) is 45.3. The standard InChI is InChI=1S/C24H34N6O4/c1-4-12-29-22-20(23(32)30(13-5-2)24(29)33)27-21(28-22)16(3)14-17-6-8-18(9-7-17)34-15-19(31)26-11-10-25/h6-9,16H,4-5,10-15,25H2,1-3H3,(H,26,31)(H,27,28). The van der Waals surface area contributed by atoms with Crippen LogP contribution < -0.4 is 27.0 Å². The number of nitrogens with one attached hydrogen (secondary N) is 2. The van der Waals surface area contributed by atoms with Crippen LogP contribution >= 0.6 is 0 Å². The number of aromatic nitrogens is 4. The predicted molar refractivity (Wildman–Crippen MR) is 131 cm³/mol. The zero-order valence-corrected chi connectivity index (χ0v) is 20.1. The number of ether oxygens (including phenoxy) is 1. The number of carbonyl (C=O) groups excluding carboxylic acids is 1. The van der Waals surface area contributed by atoms with Crippen molar-refractivity contribution in [3.63, 3.8) is 0 Å². The molecular formula is C24H34N6O4. The number of H-pyrrole nitrogens is 1. The summed E-state index contributed by atoms with van der Waals surface area (Å²) in [7, 11) is 0. The lowest BCUT2D eigenvalue weighted by molar-refractivity contribution is -0.123. The molecule has 0 saturated heterocycles. The monoisotopic (exact) mass is 470 g/mol. The van der Waals surface area contributed by atoms with Gasteiger partial charge in [0.2, 0.25) is 0 Å². The van der Waals surface area contributed by atoms with E-state index in [4.69, 9.17) is 10.5 Å². The highest BCUT2D eigenvalue weighted by Crippen LogP contribution is 2.21. The molecule has 184 valence electrons. The molecule has 10 heteroatoms. The molecule has 0 aliphatic rings. The van der Waals surface area contributed by atoms with Crippen LogP contribution in [0.15, 0.2) is 33.9 Å². The van der Waals surface area contributed by atoms with Crippen molar-refractivity contribution in [1.82, 2.24) is 24.4 Å². The van der Waals surface area contributed by atoms with Crippen LogP contribution in [-0.2, 0) is 24.3 Å². The molecule has 0 aliphatic carbocycles. The fourth-order valence-corrected chi connectivity index (χ4v) is 3.85. The molecule has 1 amide bonds. The van der Waals surface area contributed by atoms with E-state index >= 15 is 0 Å². The average Bonchev–Trinajstić information content (AvgIpc) is 3.28. The van der Waals surface area contributed by atoms with Gasteiger partial charge in [0.1, 0.15) is 17.2 Å². The largest absolute Gasteiger partial charge is 0.484 e. The van der Waals surface area contributed by atoms with Crippen molar-refractivity contribution in [3.05, 3.63) is 56.5 Å². The van der Waals surface area contributed by atoms with Crippen molar-refractivity contribution < 1.29 is 9.53 Å². The van der Waals surface area contributed by atoms with E-state index in [0.29, 0.717) is 61.8 Å². The Hall–Kier alpha value is -3.40. The summed E-state index contributed by atoms with van der Waals surface area (Å²) in [6, 6.07) is 7.51. The van der Waals surface area contributed by atoms with Gasteiger partial charge >= 0.3 is 5.69 Å². The van der Waals surface area contributed by atoms with Crippen molar-refractivity contribution >= 4 is 17.1 Å². The second-order valence-corrected chi connectivity index (χ2v) is 8.39. The van der Waals surface area contributed by atoms with Gasteiger partial charge in [-0.25, -0.2) is 9.78 Å². The lowest BCUT2D eigenvalue weighted by atomic mass is 10.0. The Balaban J connectivity index is 1.77. The van der Waals surface area contributed by atoms with E-state index in [1.165, 1.54) is 4.57 Å². The van der Waals surface area contributed by atoms with E-state index in [1.807, 2.05) is 45.0 Å². The number of nitrogens with two attached hydrogens (primary N) is 1. The second kappa shape index (κ2) is 11.6. The number of rotatable bonds is 12. The first kappa shape index (κ1) is 25.2. The van der Waals surface area contributed by atoms with Gasteiger partial charge in [0.25, 0.3) is 11.5 Å². The zero-order chi connectivity index (χ0) is 24.7. The highest BCUT2D eigenvalue weighted by atomic mass is 16.5. The highest BCUT2D eigenvalue weighted by molar-refractivity contribution is 5.77. The smallest absolute Gasteiger partial charge is 0.332 e. The molecule has 2 aromatic heterocycles. The van der Waals surface area contributed by atoms with Gasteiger partial charge in [0, 0.05) is 32.1 Å². The molecule has 0 aliphatic heterocycles. The third-order valence-corrected chi connectivity index (χ3v) is 5.55. The third-order valence-electron chi connectivity index (χ3n) is 5.55. The number of aryl methyl sites for hydroxylation is 1. The van der Waals surface area contributed by atoms with E-state index < -0.39 is 0 Å². The summed E-state index contributed by atoms with van der Waals surface area (Å²) >= 11 is 0. The van der Waals surface area contributed by atoms with Gasteiger partial charge in [0.15, 0.2) is 12.1 Å². The summed E-state index contributed by atoms with van der Waals surface area (Å²) in [5.41, 5.74) is 6.57. The van der Waals surface area contributed by atoms with Gasteiger partial charge < -0.3 is 20.8 Å². The minimum atomic E-state index is -0.346. The molecule has 0 saturated carbocycles. The van der Waals surface area contributed by atoms with Gasteiger partial charge in [-0.2, -0.15) is 0 Å². The lowest BCUT2D eigenvalue weighted by Gasteiger charge is -2.11. The fraction of sp³-hybridized carbons (Fsp3) is 0.500. The van der Waals surface area contributed by atoms with E-state index in [0.717, 1.165) is 12.0 Å². The van der Waals surface area contributed by atoms with E-state index in [9.17, 15) is 14.4 Å². The van der Waals surface area contributed by atoms with Crippen LogP contribution in [0.25, 0.3) is 11.2 Å². The SMILES string of the molecule is CCCn1c(=O)c2nc(C(C)Cc3ccc(OCC(=O)NCCN)cc3)[nH]c2n(CCC)c1=O. The van der Waals surface area contributed by atoms with E-state index in [1.54, 1.807) is 4.57 Å². The van der Waals surface area contributed by atoms with E-state index in [-0.39, 0.29) is 29.7 Å². The van der Waals surface area contributed by atoms with Crippen molar-refractivity contribution in [2.24, 2.45) is 5.73 Å². The number of imidazole rings is 1. The van der Waals surface area contributed by atoms with Gasteiger partial charge in [-0.1, -0.05) is 32.9 Å². The van der Waals surface area contributed by atoms with Crippen molar-refractivity contribution in [2.75, 3.05) is 19.7 Å². The third kappa shape index (κ3) is 5.74. The second-order valence-electron chi connectivity index (χ2n) is 8.39. The molecule has 3 aromatic rings. The maximum Gasteiger partial charge on any atom is 0.332 e. The minimum Gasteiger partial charge on any atom is -0.484 e. The molecule has 34 heavy (non-hydrogen) atoms. The summed E-state index contributed by atoms with van der Waals surface area (Å²) in [5, 5.41) is 2.65. The molecule has 3 rings (SSSR count). The molecule has 0 radical (unpaired) electrons. The van der Waals surface area contributed by atoms with Crippen molar-refractivity contribution in [2.45, 2.75) is 59.0 Å². The summed E-state index contributed by atoms with van der Waals surface area (Å²) in [5.74, 6) is 1.04. The zero-order valence-electron chi connectivity index (χ0n) is 20.1. The Bertz CT molecular complexity index is 1230. The van der Waals surface area contributed by atoms with Crippen molar-refractivity contribution in [1.29, 1.82) is 0 Å². The Morgan fingerprint density at radius 1 is 1.15 bits per heavy atom. The Morgan fingerprint density at radius 3 is 2.47 bits per heavy atom. The fourth-order valence-electron chi connectivity index (χ4n) is 3.85. The number of aromatic amines is 1. The van der Waals surface area contributed by atoms with Gasteiger partial charge in [-0.05, 0) is 37.0 Å². The van der Waals surface area contributed by atoms with Gasteiger partial charge in [0.05, 0.1) is 0 Å². The molecule has 0 bridgehead atoms. The Labute approximate surface area is 198 Å². The molecule has 0 fully saturated rings. The lowest BCUT2D eigenvalue weighted by Crippen LogP contribution is -2.40. The minimum absolute atomic E-state index is 0.00888. The molecule has 1 atom stereocenters.